The van der Waals surface area contributed by atoms with Crippen molar-refractivity contribution in [1.82, 2.24) is 10.6 Å². The van der Waals surface area contributed by atoms with Crippen LogP contribution in [0.1, 0.15) is 42.3 Å². The van der Waals surface area contributed by atoms with E-state index in [0.29, 0.717) is 18.0 Å². The Morgan fingerprint density at radius 2 is 1.61 bits per heavy atom. The fourth-order valence-electron chi connectivity index (χ4n) is 3.14. The van der Waals surface area contributed by atoms with Crippen molar-refractivity contribution in [1.29, 1.82) is 0 Å². The summed E-state index contributed by atoms with van der Waals surface area (Å²) in [5.74, 6) is 0.633. The van der Waals surface area contributed by atoms with Crippen LogP contribution in [0.2, 0.25) is 0 Å². The highest BCUT2D eigenvalue weighted by Gasteiger charge is 2.41. The average Bonchev–Trinajstić information content (AvgIpc) is 3.50. The van der Waals surface area contributed by atoms with E-state index in [1.54, 1.807) is 0 Å². The van der Waals surface area contributed by atoms with Crippen LogP contribution in [0.25, 0.3) is 0 Å². The number of amides is 1. The Morgan fingerprint density at radius 3 is 2.26 bits per heavy atom. The van der Waals surface area contributed by atoms with Gasteiger partial charge in [-0.3, -0.25) is 10.1 Å². The van der Waals surface area contributed by atoms with Crippen LogP contribution in [0.4, 0.5) is 0 Å². The first kappa shape index (κ1) is 14.5. The molecule has 2 saturated carbocycles. The number of carbonyl (C=O) groups is 1. The van der Waals surface area contributed by atoms with E-state index in [1.165, 1.54) is 5.56 Å². The van der Waals surface area contributed by atoms with Gasteiger partial charge < -0.3 is 5.32 Å². The smallest absolute Gasteiger partial charge is 0.241 e. The molecule has 3 atom stereocenters. The first-order valence-corrected chi connectivity index (χ1v) is 8.47. The molecule has 2 aliphatic carbocycles. The zero-order valence-electron chi connectivity index (χ0n) is 13.1. The Bertz CT molecular complexity index is 667. The van der Waals surface area contributed by atoms with Gasteiger partial charge in [-0.2, -0.15) is 0 Å². The largest absolute Gasteiger partial charge is 0.352 e. The van der Waals surface area contributed by atoms with Gasteiger partial charge in [-0.05, 0) is 30.4 Å². The van der Waals surface area contributed by atoms with Crippen LogP contribution < -0.4 is 10.6 Å². The van der Waals surface area contributed by atoms with Crippen LogP contribution in [0.15, 0.2) is 60.7 Å². The highest BCUT2D eigenvalue weighted by molar-refractivity contribution is 5.83. The van der Waals surface area contributed by atoms with Crippen LogP contribution in [-0.4, -0.2) is 18.0 Å². The van der Waals surface area contributed by atoms with Gasteiger partial charge in [0.2, 0.25) is 5.91 Å². The Hall–Kier alpha value is -2.13. The summed E-state index contributed by atoms with van der Waals surface area (Å²) in [4.78, 5) is 12.6. The quantitative estimate of drug-likeness (QED) is 0.861. The molecular weight excluding hydrogens is 284 g/mol. The van der Waals surface area contributed by atoms with Gasteiger partial charge in [0.1, 0.15) is 6.04 Å². The molecule has 0 bridgehead atoms. The first-order chi connectivity index (χ1) is 11.3. The van der Waals surface area contributed by atoms with Crippen molar-refractivity contribution >= 4 is 5.91 Å². The van der Waals surface area contributed by atoms with Gasteiger partial charge in [0.15, 0.2) is 0 Å². The SMILES string of the molecule is O=C(NC1CC1)[C@H](N[C@H]1C[C@@H]1c1ccccc1)c1ccccc1. The van der Waals surface area contributed by atoms with Crippen LogP contribution in [0.5, 0.6) is 0 Å². The minimum atomic E-state index is -0.254. The van der Waals surface area contributed by atoms with Gasteiger partial charge in [0.25, 0.3) is 0 Å². The molecule has 2 aromatic carbocycles. The molecule has 4 rings (SSSR count). The molecule has 118 valence electrons. The van der Waals surface area contributed by atoms with Crippen LogP contribution >= 0.6 is 0 Å². The number of rotatable bonds is 6. The molecule has 0 unspecified atom stereocenters. The summed E-state index contributed by atoms with van der Waals surface area (Å²) in [6, 6.07) is 21.1. The standard InChI is InChI=1S/C20H22N2O/c23-20(21-16-11-12-16)19(15-9-5-2-6-10-15)22-18-13-17(18)14-7-3-1-4-8-14/h1-10,16-19,22H,11-13H2,(H,21,23)/t17-,18+,19-/m1/s1. The molecule has 1 amide bonds. The Balaban J connectivity index is 1.47. The van der Waals surface area contributed by atoms with Gasteiger partial charge in [-0.25, -0.2) is 0 Å². The van der Waals surface area contributed by atoms with E-state index in [0.717, 1.165) is 24.8 Å². The monoisotopic (exact) mass is 306 g/mol. The molecule has 0 radical (unpaired) electrons. The predicted octanol–water partition coefficient (Wildman–Crippen LogP) is 3.15. The maximum Gasteiger partial charge on any atom is 0.241 e. The van der Waals surface area contributed by atoms with E-state index in [-0.39, 0.29) is 11.9 Å². The van der Waals surface area contributed by atoms with E-state index in [1.807, 2.05) is 36.4 Å². The lowest BCUT2D eigenvalue weighted by molar-refractivity contribution is -0.123. The van der Waals surface area contributed by atoms with Crippen LogP contribution in [0, 0.1) is 0 Å². The summed E-state index contributed by atoms with van der Waals surface area (Å²) in [5.41, 5.74) is 2.41. The minimum absolute atomic E-state index is 0.109. The topological polar surface area (TPSA) is 41.1 Å². The molecule has 2 N–H and O–H groups in total. The second-order valence-corrected chi connectivity index (χ2v) is 6.65. The summed E-state index contributed by atoms with van der Waals surface area (Å²) < 4.78 is 0. The van der Waals surface area contributed by atoms with Crippen LogP contribution in [0.3, 0.4) is 0 Å². The van der Waals surface area contributed by atoms with Crippen molar-refractivity contribution in [3.05, 3.63) is 71.8 Å². The van der Waals surface area contributed by atoms with Crippen molar-refractivity contribution in [3.63, 3.8) is 0 Å². The number of hydrogen-bond acceptors (Lipinski definition) is 2. The third-order valence-corrected chi connectivity index (χ3v) is 4.72. The van der Waals surface area contributed by atoms with Crippen molar-refractivity contribution in [2.24, 2.45) is 0 Å². The molecule has 3 heteroatoms. The molecule has 0 aliphatic heterocycles. The lowest BCUT2D eigenvalue weighted by atomic mass is 10.1. The van der Waals surface area contributed by atoms with Crippen LogP contribution in [-0.2, 0) is 4.79 Å². The van der Waals surface area contributed by atoms with E-state index in [4.69, 9.17) is 0 Å². The average molecular weight is 306 g/mol. The maximum absolute atomic E-state index is 12.6. The van der Waals surface area contributed by atoms with E-state index < -0.39 is 0 Å². The molecule has 2 fully saturated rings. The third kappa shape index (κ3) is 3.45. The summed E-state index contributed by atoms with van der Waals surface area (Å²) in [7, 11) is 0. The Morgan fingerprint density at radius 1 is 0.957 bits per heavy atom. The van der Waals surface area contributed by atoms with Crippen molar-refractivity contribution in [2.45, 2.75) is 43.3 Å². The molecular formula is C20H22N2O. The molecule has 3 nitrogen and oxygen atoms in total. The van der Waals surface area contributed by atoms with Gasteiger partial charge in [0, 0.05) is 18.0 Å². The maximum atomic E-state index is 12.6. The molecule has 23 heavy (non-hydrogen) atoms. The van der Waals surface area contributed by atoms with Crippen molar-refractivity contribution in [3.8, 4) is 0 Å². The zero-order chi connectivity index (χ0) is 15.6. The van der Waals surface area contributed by atoms with Crippen molar-refractivity contribution < 1.29 is 4.79 Å². The van der Waals surface area contributed by atoms with Crippen molar-refractivity contribution in [2.75, 3.05) is 0 Å². The van der Waals surface area contributed by atoms with E-state index in [2.05, 4.69) is 34.9 Å². The fraction of sp³-hybridized carbons (Fsp3) is 0.350. The Kier molecular flexibility index (Phi) is 3.88. The highest BCUT2D eigenvalue weighted by Crippen LogP contribution is 2.42. The van der Waals surface area contributed by atoms with Gasteiger partial charge >= 0.3 is 0 Å². The lowest BCUT2D eigenvalue weighted by Gasteiger charge is -2.19. The number of carbonyl (C=O) groups excluding carboxylic acids is 1. The number of nitrogens with one attached hydrogen (secondary N) is 2. The van der Waals surface area contributed by atoms with E-state index in [9.17, 15) is 4.79 Å². The lowest BCUT2D eigenvalue weighted by Crippen LogP contribution is -2.39. The molecule has 0 saturated heterocycles. The molecule has 2 aromatic rings. The third-order valence-electron chi connectivity index (χ3n) is 4.72. The van der Waals surface area contributed by atoms with Gasteiger partial charge in [-0.15, -0.1) is 0 Å². The van der Waals surface area contributed by atoms with Gasteiger partial charge in [-0.1, -0.05) is 60.7 Å². The molecule has 0 aromatic heterocycles. The van der Waals surface area contributed by atoms with E-state index >= 15 is 0 Å². The normalized spacial score (nSPS) is 24.0. The molecule has 0 spiro atoms. The van der Waals surface area contributed by atoms with Gasteiger partial charge in [0.05, 0.1) is 0 Å². The summed E-state index contributed by atoms with van der Waals surface area (Å²) in [6.45, 7) is 0. The zero-order valence-corrected chi connectivity index (χ0v) is 13.1. The summed E-state index contributed by atoms with van der Waals surface area (Å²) in [6.07, 6.45) is 3.33. The second kappa shape index (κ2) is 6.17. The molecule has 0 heterocycles. The Labute approximate surface area is 137 Å². The highest BCUT2D eigenvalue weighted by atomic mass is 16.2. The second-order valence-electron chi connectivity index (χ2n) is 6.65. The summed E-state index contributed by atoms with van der Waals surface area (Å²) >= 11 is 0. The number of hydrogen-bond donors (Lipinski definition) is 2. The number of benzene rings is 2. The first-order valence-electron chi connectivity index (χ1n) is 8.47. The minimum Gasteiger partial charge on any atom is -0.352 e. The fourth-order valence-corrected chi connectivity index (χ4v) is 3.14. The molecule has 2 aliphatic rings. The predicted molar refractivity (Wildman–Crippen MR) is 91.1 cm³/mol. The summed E-state index contributed by atoms with van der Waals surface area (Å²) in [5, 5.41) is 6.72.